The van der Waals surface area contributed by atoms with Crippen molar-refractivity contribution >= 4 is 39.4 Å². The number of nitrogens with one attached hydrogen (secondary N) is 1. The molecule has 0 aliphatic carbocycles. The molecule has 0 bridgehead atoms. The number of halogens is 1. The van der Waals surface area contributed by atoms with Crippen molar-refractivity contribution in [1.82, 2.24) is 14.5 Å². The van der Waals surface area contributed by atoms with Gasteiger partial charge in [-0.25, -0.2) is 13.2 Å². The van der Waals surface area contributed by atoms with Crippen molar-refractivity contribution in [3.8, 4) is 0 Å². The molecule has 1 aromatic carbocycles. The first kappa shape index (κ1) is 19.8. The minimum Gasteiger partial charge on any atom is -0.334 e. The minimum absolute atomic E-state index is 0.0894. The Labute approximate surface area is 164 Å². The van der Waals surface area contributed by atoms with Gasteiger partial charge in [0.15, 0.2) is 0 Å². The second-order valence-corrected chi connectivity index (χ2v) is 10.2. The predicted octanol–water partition coefficient (Wildman–Crippen LogP) is 2.56. The van der Waals surface area contributed by atoms with Crippen molar-refractivity contribution in [3.63, 3.8) is 0 Å². The van der Waals surface area contributed by atoms with E-state index >= 15 is 0 Å². The number of sulfonamides is 1. The van der Waals surface area contributed by atoms with E-state index in [2.05, 4.69) is 5.32 Å². The Morgan fingerprint density at radius 1 is 1.27 bits per heavy atom. The first-order valence-corrected chi connectivity index (χ1v) is 11.8. The number of hydrogen-bond acceptors (Lipinski definition) is 4. The Morgan fingerprint density at radius 3 is 2.73 bits per heavy atom. The fraction of sp³-hybridized carbons (Fsp3) is 0.588. The number of thioether (sulfide) groups is 1. The minimum atomic E-state index is -3.63. The van der Waals surface area contributed by atoms with Crippen molar-refractivity contribution in [2.24, 2.45) is 0 Å². The SMILES string of the molecule is Cc1c(Cl)cccc1S(=O)(=O)N1CCC[C@H](NC(=O)N2CCSCC2)C1. The molecule has 3 rings (SSSR count). The van der Waals surface area contributed by atoms with Crippen LogP contribution in [0.25, 0.3) is 0 Å². The Morgan fingerprint density at radius 2 is 2.00 bits per heavy atom. The van der Waals surface area contributed by atoms with Gasteiger partial charge in [-0.3, -0.25) is 0 Å². The van der Waals surface area contributed by atoms with Crippen LogP contribution in [0, 0.1) is 6.92 Å². The molecule has 0 radical (unpaired) electrons. The van der Waals surface area contributed by atoms with E-state index < -0.39 is 10.0 Å². The number of nitrogens with zero attached hydrogens (tertiary/aromatic N) is 2. The van der Waals surface area contributed by atoms with Gasteiger partial charge in [0.25, 0.3) is 0 Å². The van der Waals surface area contributed by atoms with Crippen LogP contribution in [0.2, 0.25) is 5.02 Å². The molecule has 2 fully saturated rings. The Hall–Kier alpha value is -0.960. The Bertz CT molecular complexity index is 767. The summed E-state index contributed by atoms with van der Waals surface area (Å²) in [6, 6.07) is 4.67. The molecule has 26 heavy (non-hydrogen) atoms. The van der Waals surface area contributed by atoms with E-state index in [1.807, 2.05) is 16.7 Å². The van der Waals surface area contributed by atoms with Gasteiger partial charge in [-0.15, -0.1) is 0 Å². The maximum atomic E-state index is 13.0. The third-order valence-corrected chi connectivity index (χ3v) is 8.21. The lowest BCUT2D eigenvalue weighted by Crippen LogP contribution is -2.53. The summed E-state index contributed by atoms with van der Waals surface area (Å²) in [5.74, 6) is 1.90. The van der Waals surface area contributed by atoms with Gasteiger partial charge in [-0.1, -0.05) is 17.7 Å². The summed E-state index contributed by atoms with van der Waals surface area (Å²) >= 11 is 7.94. The van der Waals surface area contributed by atoms with E-state index in [0.717, 1.165) is 37.4 Å². The zero-order valence-electron chi connectivity index (χ0n) is 14.8. The van der Waals surface area contributed by atoms with Gasteiger partial charge in [0.2, 0.25) is 10.0 Å². The van der Waals surface area contributed by atoms with Crippen LogP contribution in [0.15, 0.2) is 23.1 Å². The first-order valence-electron chi connectivity index (χ1n) is 8.78. The lowest BCUT2D eigenvalue weighted by atomic mass is 10.1. The van der Waals surface area contributed by atoms with E-state index in [1.54, 1.807) is 25.1 Å². The first-order chi connectivity index (χ1) is 12.4. The molecule has 9 heteroatoms. The van der Waals surface area contributed by atoms with Crippen LogP contribution < -0.4 is 5.32 Å². The third-order valence-electron chi connectivity index (χ3n) is 4.85. The Balaban J connectivity index is 1.69. The zero-order chi connectivity index (χ0) is 18.7. The molecule has 0 saturated carbocycles. The number of carbonyl (C=O) groups is 1. The van der Waals surface area contributed by atoms with Crippen molar-refractivity contribution in [1.29, 1.82) is 0 Å². The van der Waals surface area contributed by atoms with E-state index in [1.165, 1.54) is 4.31 Å². The average molecular weight is 418 g/mol. The van der Waals surface area contributed by atoms with Gasteiger partial charge in [0, 0.05) is 48.7 Å². The standard InChI is InChI=1S/C17H24ClN3O3S2/c1-13-15(18)5-2-6-16(13)26(23,24)21-7-3-4-14(12-21)19-17(22)20-8-10-25-11-9-20/h2,5-6,14H,3-4,7-12H2,1H3,(H,19,22)/t14-/m0/s1. The quantitative estimate of drug-likeness (QED) is 0.820. The molecule has 144 valence electrons. The van der Waals surface area contributed by atoms with E-state index in [9.17, 15) is 13.2 Å². The monoisotopic (exact) mass is 417 g/mol. The number of urea groups is 1. The largest absolute Gasteiger partial charge is 0.334 e. The molecule has 2 amide bonds. The predicted molar refractivity (Wildman–Crippen MR) is 105 cm³/mol. The van der Waals surface area contributed by atoms with Crippen LogP contribution in [0.4, 0.5) is 4.79 Å². The summed E-state index contributed by atoms with van der Waals surface area (Å²) in [6.45, 7) is 3.95. The summed E-state index contributed by atoms with van der Waals surface area (Å²) in [5, 5.41) is 3.45. The normalized spacial score (nSPS) is 22.2. The summed E-state index contributed by atoms with van der Waals surface area (Å²) in [7, 11) is -3.63. The van der Waals surface area contributed by atoms with Crippen molar-refractivity contribution in [3.05, 3.63) is 28.8 Å². The lowest BCUT2D eigenvalue weighted by Gasteiger charge is -2.34. The van der Waals surface area contributed by atoms with Gasteiger partial charge in [0.05, 0.1) is 4.90 Å². The van der Waals surface area contributed by atoms with Crippen LogP contribution in [0.1, 0.15) is 18.4 Å². The molecule has 6 nitrogen and oxygen atoms in total. The molecule has 0 unspecified atom stereocenters. The van der Waals surface area contributed by atoms with Gasteiger partial charge >= 0.3 is 6.03 Å². The highest BCUT2D eigenvalue weighted by molar-refractivity contribution is 7.99. The summed E-state index contributed by atoms with van der Waals surface area (Å²) in [4.78, 5) is 14.5. The van der Waals surface area contributed by atoms with Crippen LogP contribution in [0.3, 0.4) is 0 Å². The fourth-order valence-corrected chi connectivity index (χ4v) is 6.22. The van der Waals surface area contributed by atoms with Crippen molar-refractivity contribution in [2.75, 3.05) is 37.7 Å². The molecule has 0 spiro atoms. The summed E-state index contributed by atoms with van der Waals surface area (Å²) < 4.78 is 27.5. The number of amides is 2. The molecular formula is C17H24ClN3O3S2. The highest BCUT2D eigenvalue weighted by Crippen LogP contribution is 2.27. The van der Waals surface area contributed by atoms with Gasteiger partial charge in [0.1, 0.15) is 0 Å². The summed E-state index contributed by atoms with van der Waals surface area (Å²) in [6.07, 6.45) is 1.51. The molecule has 1 N–H and O–H groups in total. The van der Waals surface area contributed by atoms with E-state index in [0.29, 0.717) is 23.7 Å². The second-order valence-electron chi connectivity index (χ2n) is 6.61. The number of benzene rings is 1. The molecule has 2 heterocycles. The number of carbonyl (C=O) groups excluding carboxylic acids is 1. The molecule has 1 aromatic rings. The highest BCUT2D eigenvalue weighted by atomic mass is 35.5. The third kappa shape index (κ3) is 4.30. The molecular weight excluding hydrogens is 394 g/mol. The number of hydrogen-bond donors (Lipinski definition) is 1. The van der Waals surface area contributed by atoms with Crippen LogP contribution >= 0.6 is 23.4 Å². The molecule has 2 aliphatic rings. The highest BCUT2D eigenvalue weighted by Gasteiger charge is 2.32. The maximum absolute atomic E-state index is 13.0. The second kappa shape index (κ2) is 8.37. The lowest BCUT2D eigenvalue weighted by molar-refractivity contribution is 0.190. The van der Waals surface area contributed by atoms with Crippen LogP contribution in [-0.2, 0) is 10.0 Å². The van der Waals surface area contributed by atoms with Gasteiger partial charge in [-0.2, -0.15) is 16.1 Å². The van der Waals surface area contributed by atoms with Crippen LogP contribution in [-0.4, -0.2) is 67.4 Å². The van der Waals surface area contributed by atoms with E-state index in [-0.39, 0.29) is 17.0 Å². The van der Waals surface area contributed by atoms with Gasteiger partial charge < -0.3 is 10.2 Å². The van der Waals surface area contributed by atoms with E-state index in [4.69, 9.17) is 11.6 Å². The average Bonchev–Trinajstić information content (AvgIpc) is 2.65. The summed E-state index contributed by atoms with van der Waals surface area (Å²) in [5.41, 5.74) is 0.561. The Kier molecular flexibility index (Phi) is 6.37. The van der Waals surface area contributed by atoms with Gasteiger partial charge in [-0.05, 0) is 37.5 Å². The van der Waals surface area contributed by atoms with Crippen molar-refractivity contribution in [2.45, 2.75) is 30.7 Å². The zero-order valence-corrected chi connectivity index (χ0v) is 17.2. The van der Waals surface area contributed by atoms with Crippen molar-refractivity contribution < 1.29 is 13.2 Å². The molecule has 0 aromatic heterocycles. The van der Waals surface area contributed by atoms with Crippen LogP contribution in [0.5, 0.6) is 0 Å². The molecule has 1 atom stereocenters. The number of rotatable bonds is 3. The maximum Gasteiger partial charge on any atom is 0.317 e. The smallest absolute Gasteiger partial charge is 0.317 e. The molecule has 2 aliphatic heterocycles. The fourth-order valence-electron chi connectivity index (χ4n) is 3.32. The topological polar surface area (TPSA) is 69.7 Å². The molecule has 2 saturated heterocycles. The number of piperidine rings is 1.